The van der Waals surface area contributed by atoms with Gasteiger partial charge in [-0.25, -0.2) is 0 Å². The summed E-state index contributed by atoms with van der Waals surface area (Å²) in [4.78, 5) is 7.79. The van der Waals surface area contributed by atoms with E-state index >= 15 is 0 Å². The molecule has 1 aromatic rings. The van der Waals surface area contributed by atoms with Gasteiger partial charge >= 0.3 is 0 Å². The van der Waals surface area contributed by atoms with E-state index < -0.39 is 0 Å². The lowest BCUT2D eigenvalue weighted by atomic mass is 9.97. The second-order valence-corrected chi connectivity index (χ2v) is 6.56. The van der Waals surface area contributed by atoms with Crippen LogP contribution < -0.4 is 0 Å². The molecule has 21 heavy (non-hydrogen) atoms. The molecule has 0 radical (unpaired) electrons. The Labute approximate surface area is 128 Å². The normalized spacial score (nSPS) is 26.2. The largest absolute Gasteiger partial charge is 0.468 e. The molecule has 0 bridgehead atoms. The molecule has 2 saturated heterocycles. The van der Waals surface area contributed by atoms with Gasteiger partial charge in [-0.15, -0.1) is 0 Å². The molecule has 4 heteroatoms. The highest BCUT2D eigenvalue weighted by atomic mass is 16.3. The highest BCUT2D eigenvalue weighted by Gasteiger charge is 2.23. The zero-order valence-corrected chi connectivity index (χ0v) is 13.3. The molecule has 0 N–H and O–H groups in total. The van der Waals surface area contributed by atoms with Gasteiger partial charge in [-0.2, -0.15) is 0 Å². The minimum Gasteiger partial charge on any atom is -0.468 e. The zero-order chi connectivity index (χ0) is 14.5. The summed E-state index contributed by atoms with van der Waals surface area (Å²) in [7, 11) is 0. The maximum atomic E-state index is 5.45. The first-order valence-electron chi connectivity index (χ1n) is 8.53. The van der Waals surface area contributed by atoms with Gasteiger partial charge in [0.15, 0.2) is 0 Å². The first-order chi connectivity index (χ1) is 10.3. The Morgan fingerprint density at radius 2 is 1.90 bits per heavy atom. The first kappa shape index (κ1) is 15.1. The summed E-state index contributed by atoms with van der Waals surface area (Å²) in [5.41, 5.74) is 0. The molecule has 0 aromatic carbocycles. The fraction of sp³-hybridized carbons (Fsp3) is 0.765. The van der Waals surface area contributed by atoms with E-state index in [4.69, 9.17) is 4.42 Å². The van der Waals surface area contributed by atoms with E-state index in [0.717, 1.165) is 18.2 Å². The smallest absolute Gasteiger partial charge is 0.117 e. The fourth-order valence-corrected chi connectivity index (χ4v) is 3.71. The monoisotopic (exact) mass is 291 g/mol. The number of piperidine rings is 1. The van der Waals surface area contributed by atoms with Crippen molar-refractivity contribution in [3.8, 4) is 0 Å². The molecule has 118 valence electrons. The second kappa shape index (κ2) is 7.43. The lowest BCUT2D eigenvalue weighted by Gasteiger charge is -2.39. The molecule has 3 rings (SSSR count). The number of hydrogen-bond acceptors (Lipinski definition) is 4. The Hall–Kier alpha value is -0.840. The van der Waals surface area contributed by atoms with Gasteiger partial charge in [-0.05, 0) is 44.0 Å². The van der Waals surface area contributed by atoms with Crippen LogP contribution in [0.15, 0.2) is 22.8 Å². The molecule has 0 aliphatic carbocycles. The minimum absolute atomic E-state index is 0.885. The molecule has 2 fully saturated rings. The quantitative estimate of drug-likeness (QED) is 0.829. The maximum absolute atomic E-state index is 5.45. The predicted octanol–water partition coefficient (Wildman–Crippen LogP) is 2.13. The highest BCUT2D eigenvalue weighted by molar-refractivity contribution is 4.98. The van der Waals surface area contributed by atoms with Crippen LogP contribution in [0.1, 0.15) is 25.5 Å². The molecule has 4 nitrogen and oxygen atoms in total. The highest BCUT2D eigenvalue weighted by Crippen LogP contribution is 2.18. The van der Waals surface area contributed by atoms with Crippen LogP contribution in [0.2, 0.25) is 0 Å². The Morgan fingerprint density at radius 1 is 1.10 bits per heavy atom. The Bertz CT molecular complexity index is 398. The number of piperazine rings is 1. The van der Waals surface area contributed by atoms with Crippen molar-refractivity contribution in [2.75, 3.05) is 52.4 Å². The number of likely N-dealkylation sites (tertiary alicyclic amines) is 1. The van der Waals surface area contributed by atoms with E-state index in [9.17, 15) is 0 Å². The summed E-state index contributed by atoms with van der Waals surface area (Å²) in [6.45, 7) is 13.2. The lowest BCUT2D eigenvalue weighted by Crippen LogP contribution is -2.49. The van der Waals surface area contributed by atoms with Crippen LogP contribution in [-0.4, -0.2) is 67.1 Å². The van der Waals surface area contributed by atoms with Gasteiger partial charge < -0.3 is 14.2 Å². The van der Waals surface area contributed by atoms with Gasteiger partial charge in [0.05, 0.1) is 12.8 Å². The topological polar surface area (TPSA) is 22.9 Å². The van der Waals surface area contributed by atoms with Gasteiger partial charge in [0.1, 0.15) is 5.76 Å². The molecule has 0 spiro atoms. The molecule has 1 atom stereocenters. The minimum atomic E-state index is 0.885. The molecular weight excluding hydrogens is 262 g/mol. The van der Waals surface area contributed by atoms with Crippen LogP contribution in [0.4, 0.5) is 0 Å². The van der Waals surface area contributed by atoms with Crippen molar-refractivity contribution in [2.24, 2.45) is 5.92 Å². The number of rotatable bonds is 5. The molecule has 2 aliphatic rings. The molecule has 1 unspecified atom stereocenters. The standard InChI is InChI=1S/C17H29N3O/c1-2-18-7-3-5-16(13-18)14-19-8-10-20(11-9-19)15-17-6-4-12-21-17/h4,6,12,16H,2-3,5,7-11,13-15H2,1H3. The van der Waals surface area contributed by atoms with E-state index in [0.29, 0.717) is 0 Å². The summed E-state index contributed by atoms with van der Waals surface area (Å²) in [6.07, 6.45) is 4.58. The SMILES string of the molecule is CCN1CCCC(CN2CCN(Cc3ccco3)CC2)C1. The fourth-order valence-electron chi connectivity index (χ4n) is 3.71. The molecule has 0 amide bonds. The zero-order valence-electron chi connectivity index (χ0n) is 13.3. The summed E-state index contributed by atoms with van der Waals surface area (Å²) in [5.74, 6) is 1.98. The van der Waals surface area contributed by atoms with Crippen LogP contribution in [0, 0.1) is 5.92 Å². The second-order valence-electron chi connectivity index (χ2n) is 6.56. The lowest BCUT2D eigenvalue weighted by molar-refractivity contribution is 0.0853. The molecule has 1 aromatic heterocycles. The van der Waals surface area contributed by atoms with Crippen LogP contribution in [0.3, 0.4) is 0 Å². The third kappa shape index (κ3) is 4.31. The third-order valence-corrected chi connectivity index (χ3v) is 4.99. The van der Waals surface area contributed by atoms with Crippen LogP contribution in [-0.2, 0) is 6.54 Å². The average Bonchev–Trinajstić information content (AvgIpc) is 3.02. The third-order valence-electron chi connectivity index (χ3n) is 4.99. The van der Waals surface area contributed by atoms with Crippen molar-refractivity contribution >= 4 is 0 Å². The summed E-state index contributed by atoms with van der Waals surface area (Å²) >= 11 is 0. The average molecular weight is 291 g/mol. The van der Waals surface area contributed by atoms with Crippen molar-refractivity contribution in [2.45, 2.75) is 26.3 Å². The van der Waals surface area contributed by atoms with Crippen molar-refractivity contribution in [1.82, 2.24) is 14.7 Å². The summed E-state index contributed by atoms with van der Waals surface area (Å²) in [6, 6.07) is 4.06. The van der Waals surface area contributed by atoms with E-state index in [1.807, 2.05) is 6.07 Å². The van der Waals surface area contributed by atoms with Crippen LogP contribution in [0.5, 0.6) is 0 Å². The van der Waals surface area contributed by atoms with Gasteiger partial charge in [-0.1, -0.05) is 6.92 Å². The van der Waals surface area contributed by atoms with Crippen molar-refractivity contribution in [1.29, 1.82) is 0 Å². The molecule has 2 aliphatic heterocycles. The summed E-state index contributed by atoms with van der Waals surface area (Å²) < 4.78 is 5.45. The maximum Gasteiger partial charge on any atom is 0.117 e. The van der Waals surface area contributed by atoms with E-state index in [1.54, 1.807) is 6.26 Å². The van der Waals surface area contributed by atoms with Gasteiger partial charge in [0.2, 0.25) is 0 Å². The molecular formula is C17H29N3O. The number of hydrogen-bond donors (Lipinski definition) is 0. The van der Waals surface area contributed by atoms with Crippen molar-refractivity contribution in [3.05, 3.63) is 24.2 Å². The van der Waals surface area contributed by atoms with E-state index in [-0.39, 0.29) is 0 Å². The Balaban J connectivity index is 1.39. The van der Waals surface area contributed by atoms with Crippen molar-refractivity contribution in [3.63, 3.8) is 0 Å². The molecule has 0 saturated carbocycles. The van der Waals surface area contributed by atoms with E-state index in [1.165, 1.54) is 65.2 Å². The first-order valence-corrected chi connectivity index (χ1v) is 8.53. The van der Waals surface area contributed by atoms with Gasteiger partial charge in [0, 0.05) is 39.3 Å². The summed E-state index contributed by atoms with van der Waals surface area (Å²) in [5, 5.41) is 0. The number of nitrogens with zero attached hydrogens (tertiary/aromatic N) is 3. The van der Waals surface area contributed by atoms with E-state index in [2.05, 4.69) is 27.7 Å². The molecule has 3 heterocycles. The van der Waals surface area contributed by atoms with Crippen LogP contribution in [0.25, 0.3) is 0 Å². The van der Waals surface area contributed by atoms with Gasteiger partial charge in [-0.3, -0.25) is 4.90 Å². The van der Waals surface area contributed by atoms with Crippen molar-refractivity contribution < 1.29 is 4.42 Å². The Morgan fingerprint density at radius 3 is 2.62 bits per heavy atom. The predicted molar refractivity (Wildman–Crippen MR) is 85.3 cm³/mol. The van der Waals surface area contributed by atoms with Crippen LogP contribution >= 0.6 is 0 Å². The Kier molecular flexibility index (Phi) is 5.33. The van der Waals surface area contributed by atoms with Gasteiger partial charge in [0.25, 0.3) is 0 Å². The number of furan rings is 1.